The van der Waals surface area contributed by atoms with Gasteiger partial charge in [-0.2, -0.15) is 0 Å². The Morgan fingerprint density at radius 3 is 2.39 bits per heavy atom. The van der Waals surface area contributed by atoms with E-state index in [9.17, 15) is 14.0 Å². The lowest BCUT2D eigenvalue weighted by Crippen LogP contribution is -2.51. The maximum atomic E-state index is 14.0. The Morgan fingerprint density at radius 1 is 0.970 bits per heavy atom. The van der Waals surface area contributed by atoms with Crippen LogP contribution in [0.2, 0.25) is 0 Å². The lowest BCUT2D eigenvalue weighted by Gasteiger charge is -2.36. The molecule has 33 heavy (non-hydrogen) atoms. The van der Waals surface area contributed by atoms with Gasteiger partial charge in [0, 0.05) is 19.1 Å². The van der Waals surface area contributed by atoms with Crippen LogP contribution < -0.4 is 14.8 Å². The van der Waals surface area contributed by atoms with E-state index in [2.05, 4.69) is 5.32 Å². The summed E-state index contributed by atoms with van der Waals surface area (Å²) >= 11 is 0. The molecule has 1 saturated carbocycles. The number of nitrogens with one attached hydrogen (secondary N) is 1. The number of rotatable bonds is 4. The second kappa shape index (κ2) is 9.04. The molecule has 2 amide bonds. The number of ether oxygens (including phenoxy) is 2. The van der Waals surface area contributed by atoms with Gasteiger partial charge in [-0.25, -0.2) is 4.39 Å². The van der Waals surface area contributed by atoms with Crippen LogP contribution in [0.3, 0.4) is 0 Å². The highest BCUT2D eigenvalue weighted by Crippen LogP contribution is 2.44. The minimum Gasteiger partial charge on any atom is -0.486 e. The third kappa shape index (κ3) is 4.16. The number of carbonyl (C=O) groups excluding carboxylic acids is 2. The van der Waals surface area contributed by atoms with E-state index in [1.54, 1.807) is 17.0 Å². The number of hydrogen-bond donors (Lipinski definition) is 1. The predicted molar refractivity (Wildman–Crippen MR) is 121 cm³/mol. The van der Waals surface area contributed by atoms with Gasteiger partial charge in [-0.05, 0) is 55.5 Å². The number of hydrogen-bond acceptors (Lipinski definition) is 4. The van der Waals surface area contributed by atoms with E-state index in [0.717, 1.165) is 37.0 Å². The molecule has 174 valence electrons. The Labute approximate surface area is 193 Å². The molecule has 3 aliphatic rings. The van der Waals surface area contributed by atoms with Gasteiger partial charge in [0.15, 0.2) is 11.5 Å². The van der Waals surface area contributed by atoms with Crippen molar-refractivity contribution in [1.29, 1.82) is 0 Å². The van der Waals surface area contributed by atoms with Gasteiger partial charge in [0.2, 0.25) is 5.91 Å². The summed E-state index contributed by atoms with van der Waals surface area (Å²) in [5.74, 6) is 0.695. The molecule has 1 saturated heterocycles. The summed E-state index contributed by atoms with van der Waals surface area (Å²) in [7, 11) is 0. The summed E-state index contributed by atoms with van der Waals surface area (Å²) < 4.78 is 25.4. The normalized spacial score (nSPS) is 19.8. The number of nitrogens with zero attached hydrogens (tertiary/aromatic N) is 1. The Hall–Kier alpha value is -3.09. The smallest absolute Gasteiger partial charge is 0.256 e. The second-order valence-electron chi connectivity index (χ2n) is 9.17. The summed E-state index contributed by atoms with van der Waals surface area (Å²) in [5, 5.41) is 3.27. The molecule has 0 atom stereocenters. The zero-order chi connectivity index (χ0) is 22.8. The van der Waals surface area contributed by atoms with Crippen molar-refractivity contribution in [1.82, 2.24) is 10.2 Å². The molecular weight excluding hydrogens is 423 g/mol. The Morgan fingerprint density at radius 2 is 1.67 bits per heavy atom. The first-order valence-electron chi connectivity index (χ1n) is 11.8. The Kier molecular flexibility index (Phi) is 5.96. The van der Waals surface area contributed by atoms with E-state index in [0.29, 0.717) is 44.9 Å². The van der Waals surface area contributed by atoms with E-state index in [1.165, 1.54) is 12.1 Å². The van der Waals surface area contributed by atoms with E-state index in [4.69, 9.17) is 9.47 Å². The van der Waals surface area contributed by atoms with E-state index in [-0.39, 0.29) is 23.4 Å². The molecule has 1 aliphatic carbocycles. The van der Waals surface area contributed by atoms with Gasteiger partial charge in [-0.1, -0.05) is 31.0 Å². The Balaban J connectivity index is 1.25. The molecule has 1 N–H and O–H groups in total. The lowest BCUT2D eigenvalue weighted by atomic mass is 9.77. The van der Waals surface area contributed by atoms with Gasteiger partial charge in [-0.3, -0.25) is 9.59 Å². The summed E-state index contributed by atoms with van der Waals surface area (Å²) in [6, 6.07) is 11.9. The molecule has 2 fully saturated rings. The van der Waals surface area contributed by atoms with Crippen LogP contribution in [0.4, 0.5) is 4.39 Å². The van der Waals surface area contributed by atoms with Crippen molar-refractivity contribution in [3.8, 4) is 11.5 Å². The first-order valence-corrected chi connectivity index (χ1v) is 11.8. The molecule has 0 bridgehead atoms. The molecule has 2 aliphatic heterocycles. The van der Waals surface area contributed by atoms with Crippen LogP contribution in [0.5, 0.6) is 11.5 Å². The molecule has 5 rings (SSSR count). The summed E-state index contributed by atoms with van der Waals surface area (Å²) in [6.07, 6.45) is 4.95. The molecule has 0 radical (unpaired) electrons. The monoisotopic (exact) mass is 452 g/mol. The van der Waals surface area contributed by atoms with Crippen LogP contribution in [-0.4, -0.2) is 49.1 Å². The largest absolute Gasteiger partial charge is 0.486 e. The lowest BCUT2D eigenvalue weighted by molar-refractivity contribution is -0.127. The van der Waals surface area contributed by atoms with Crippen molar-refractivity contribution in [3.63, 3.8) is 0 Å². The average molecular weight is 453 g/mol. The standard InChI is InChI=1S/C26H29FN2O4/c27-21-6-2-1-5-20(21)24(30)29-13-9-19(10-14-29)28-25(31)26(11-3-4-12-26)18-7-8-22-23(17-18)33-16-15-32-22/h1-2,5-8,17,19H,3-4,9-16H2,(H,28,31). The van der Waals surface area contributed by atoms with Gasteiger partial charge in [0.1, 0.15) is 19.0 Å². The maximum Gasteiger partial charge on any atom is 0.256 e. The molecule has 6 nitrogen and oxygen atoms in total. The Bertz CT molecular complexity index is 1040. The molecule has 2 aromatic rings. The van der Waals surface area contributed by atoms with Crippen molar-refractivity contribution in [2.75, 3.05) is 26.3 Å². The molecular formula is C26H29FN2O4. The molecule has 0 spiro atoms. The van der Waals surface area contributed by atoms with Crippen LogP contribution in [0.15, 0.2) is 42.5 Å². The zero-order valence-electron chi connectivity index (χ0n) is 18.6. The quantitative estimate of drug-likeness (QED) is 0.766. The van der Waals surface area contributed by atoms with Crippen LogP contribution in [0, 0.1) is 5.82 Å². The number of benzene rings is 2. The zero-order valence-corrected chi connectivity index (χ0v) is 18.6. The average Bonchev–Trinajstić information content (AvgIpc) is 3.36. The fraction of sp³-hybridized carbons (Fsp3) is 0.462. The van der Waals surface area contributed by atoms with Crippen LogP contribution >= 0.6 is 0 Å². The van der Waals surface area contributed by atoms with Gasteiger partial charge in [-0.15, -0.1) is 0 Å². The van der Waals surface area contributed by atoms with E-state index in [1.807, 2.05) is 18.2 Å². The highest BCUT2D eigenvalue weighted by Gasteiger charge is 2.44. The summed E-state index contributed by atoms with van der Waals surface area (Å²) in [5.41, 5.74) is 0.521. The van der Waals surface area contributed by atoms with Crippen LogP contribution in [0.1, 0.15) is 54.4 Å². The van der Waals surface area contributed by atoms with Gasteiger partial charge < -0.3 is 19.7 Å². The number of amides is 2. The molecule has 2 aromatic carbocycles. The van der Waals surface area contributed by atoms with Crippen molar-refractivity contribution >= 4 is 11.8 Å². The third-order valence-corrected chi connectivity index (χ3v) is 7.21. The second-order valence-corrected chi connectivity index (χ2v) is 9.17. The molecule has 0 aromatic heterocycles. The SMILES string of the molecule is O=C(c1ccccc1F)N1CCC(NC(=O)C2(c3ccc4c(c3)OCCO4)CCCC2)CC1. The van der Waals surface area contributed by atoms with Gasteiger partial charge in [0.05, 0.1) is 11.0 Å². The van der Waals surface area contributed by atoms with E-state index < -0.39 is 11.2 Å². The first kappa shape index (κ1) is 21.7. The number of piperidine rings is 1. The summed E-state index contributed by atoms with van der Waals surface area (Å²) in [4.78, 5) is 27.9. The van der Waals surface area contributed by atoms with Crippen LogP contribution in [0.25, 0.3) is 0 Å². The minimum absolute atomic E-state index is 0.00291. The summed E-state index contributed by atoms with van der Waals surface area (Å²) in [6.45, 7) is 2.04. The number of halogens is 1. The maximum absolute atomic E-state index is 14.0. The van der Waals surface area contributed by atoms with Crippen molar-refractivity contribution < 1.29 is 23.5 Å². The number of carbonyl (C=O) groups is 2. The highest BCUT2D eigenvalue weighted by atomic mass is 19.1. The van der Waals surface area contributed by atoms with Crippen molar-refractivity contribution in [2.24, 2.45) is 0 Å². The van der Waals surface area contributed by atoms with Crippen LogP contribution in [-0.2, 0) is 10.2 Å². The highest BCUT2D eigenvalue weighted by molar-refractivity contribution is 5.94. The van der Waals surface area contributed by atoms with Crippen molar-refractivity contribution in [2.45, 2.75) is 50.0 Å². The third-order valence-electron chi connectivity index (χ3n) is 7.21. The van der Waals surface area contributed by atoms with Gasteiger partial charge in [0.25, 0.3) is 5.91 Å². The van der Waals surface area contributed by atoms with Gasteiger partial charge >= 0.3 is 0 Å². The number of fused-ring (bicyclic) bond motifs is 1. The fourth-order valence-electron chi connectivity index (χ4n) is 5.32. The molecule has 2 heterocycles. The molecule has 0 unspecified atom stereocenters. The topological polar surface area (TPSA) is 67.9 Å². The fourth-order valence-corrected chi connectivity index (χ4v) is 5.32. The number of likely N-dealkylation sites (tertiary alicyclic amines) is 1. The van der Waals surface area contributed by atoms with Crippen molar-refractivity contribution in [3.05, 3.63) is 59.4 Å². The van der Waals surface area contributed by atoms with E-state index >= 15 is 0 Å². The first-order chi connectivity index (χ1) is 16.1. The molecule has 7 heteroatoms. The minimum atomic E-state index is -0.560. The predicted octanol–water partition coefficient (Wildman–Crippen LogP) is 3.83.